The molecule has 1 heterocycles. The summed E-state index contributed by atoms with van der Waals surface area (Å²) < 4.78 is 27.2. The molecule has 0 unspecified atom stereocenters. The number of nitrogens with zero attached hydrogens (tertiary/aromatic N) is 2. The van der Waals surface area contributed by atoms with Crippen LogP contribution in [0, 0.1) is 6.92 Å². The van der Waals surface area contributed by atoms with Crippen molar-refractivity contribution in [2.24, 2.45) is 0 Å². The lowest BCUT2D eigenvalue weighted by Crippen LogP contribution is -2.56. The topological polar surface area (TPSA) is 74.8 Å². The van der Waals surface area contributed by atoms with Crippen LogP contribution in [0.25, 0.3) is 0 Å². The molecule has 1 aliphatic rings. The van der Waals surface area contributed by atoms with Gasteiger partial charge in [-0.1, -0.05) is 19.1 Å². The lowest BCUT2D eigenvalue weighted by molar-refractivity contribution is -0.117. The number of aryl methyl sites for hydroxylation is 1. The van der Waals surface area contributed by atoms with Gasteiger partial charge in [0.1, 0.15) is 0 Å². The largest absolute Gasteiger partial charge is 0.335 e. The zero-order chi connectivity index (χ0) is 16.7. The first kappa shape index (κ1) is 16.5. The molecule has 0 aliphatic carbocycles. The summed E-state index contributed by atoms with van der Waals surface area (Å²) in [6.07, 6.45) is 0.634. The van der Waals surface area contributed by atoms with Crippen molar-refractivity contribution in [3.63, 3.8) is 0 Å². The van der Waals surface area contributed by atoms with Crippen LogP contribution in [0.1, 0.15) is 49.5 Å². The highest BCUT2D eigenvalue weighted by Crippen LogP contribution is 2.36. The highest BCUT2D eigenvalue weighted by Gasteiger charge is 2.46. The fourth-order valence-corrected chi connectivity index (χ4v) is 4.44. The molecule has 1 aromatic rings. The second kappa shape index (κ2) is 5.72. The number of hydrogen-bond donors (Lipinski definition) is 0. The van der Waals surface area contributed by atoms with E-state index in [-0.39, 0.29) is 17.7 Å². The lowest BCUT2D eigenvalue weighted by atomic mass is 10.1. The fourth-order valence-electron chi connectivity index (χ4n) is 2.60. The van der Waals surface area contributed by atoms with Crippen LogP contribution in [-0.4, -0.2) is 30.6 Å². The molecule has 0 radical (unpaired) electrons. The van der Waals surface area contributed by atoms with Gasteiger partial charge in [-0.2, -0.15) is 12.7 Å². The van der Waals surface area contributed by atoms with Crippen LogP contribution in [0.15, 0.2) is 18.2 Å². The molecule has 120 valence electrons. The van der Waals surface area contributed by atoms with Gasteiger partial charge in [0.25, 0.3) is 5.91 Å². The van der Waals surface area contributed by atoms with Gasteiger partial charge in [0.05, 0.1) is 11.3 Å². The molecule has 22 heavy (non-hydrogen) atoms. The van der Waals surface area contributed by atoms with Crippen LogP contribution in [0.5, 0.6) is 0 Å². The van der Waals surface area contributed by atoms with Crippen molar-refractivity contribution in [1.82, 2.24) is 4.31 Å². The summed E-state index contributed by atoms with van der Waals surface area (Å²) in [5.74, 6) is -1.11. The molecule has 2 amide bonds. The number of anilines is 1. The quantitative estimate of drug-likeness (QED) is 0.854. The van der Waals surface area contributed by atoms with Gasteiger partial charge < -0.3 is 0 Å². The molecule has 0 fully saturated rings. The number of carbonyl (C=O) groups excluding carboxylic acids is 2. The number of benzene rings is 1. The molecule has 0 saturated carbocycles. The minimum Gasteiger partial charge on any atom is -0.273 e. The summed E-state index contributed by atoms with van der Waals surface area (Å²) in [4.78, 5) is 25.0. The Bertz CT molecular complexity index is 725. The Morgan fingerprint density at radius 3 is 2.45 bits per heavy atom. The molecular formula is C15H20N2O4S. The van der Waals surface area contributed by atoms with Gasteiger partial charge in [0.15, 0.2) is 0 Å². The first-order chi connectivity index (χ1) is 10.2. The molecule has 0 atom stereocenters. The number of amides is 2. The van der Waals surface area contributed by atoms with E-state index in [1.165, 1.54) is 0 Å². The number of fused-ring (bicyclic) bond motifs is 1. The summed E-state index contributed by atoms with van der Waals surface area (Å²) >= 11 is 0. The average molecular weight is 324 g/mol. The molecule has 0 spiro atoms. The number of para-hydroxylation sites is 1. The Kier molecular flexibility index (Phi) is 4.28. The Morgan fingerprint density at radius 2 is 1.91 bits per heavy atom. The van der Waals surface area contributed by atoms with Gasteiger partial charge in [-0.15, -0.1) is 0 Å². The van der Waals surface area contributed by atoms with Crippen LogP contribution >= 0.6 is 0 Å². The van der Waals surface area contributed by atoms with Crippen molar-refractivity contribution >= 4 is 27.7 Å². The normalized spacial score (nSPS) is 16.9. The molecule has 2 rings (SSSR count). The van der Waals surface area contributed by atoms with Crippen molar-refractivity contribution in [3.05, 3.63) is 29.3 Å². The highest BCUT2D eigenvalue weighted by molar-refractivity contribution is 7.92. The van der Waals surface area contributed by atoms with E-state index in [9.17, 15) is 18.0 Å². The molecule has 6 nitrogen and oxygen atoms in total. The zero-order valence-electron chi connectivity index (χ0n) is 13.2. The monoisotopic (exact) mass is 324 g/mol. The third-order valence-corrected chi connectivity index (χ3v) is 5.44. The van der Waals surface area contributed by atoms with Crippen molar-refractivity contribution in [1.29, 1.82) is 0 Å². The number of hydrogen-bond acceptors (Lipinski definition) is 4. The van der Waals surface area contributed by atoms with Crippen LogP contribution < -0.4 is 4.31 Å². The predicted molar refractivity (Wildman–Crippen MR) is 83.8 cm³/mol. The maximum atomic E-state index is 12.8. The zero-order valence-corrected chi connectivity index (χ0v) is 14.0. The smallest absolute Gasteiger partial charge is 0.273 e. The van der Waals surface area contributed by atoms with E-state index >= 15 is 0 Å². The molecule has 1 aromatic carbocycles. The van der Waals surface area contributed by atoms with Crippen molar-refractivity contribution < 1.29 is 18.0 Å². The average Bonchev–Trinajstić information content (AvgIpc) is 2.39. The van der Waals surface area contributed by atoms with Crippen LogP contribution in [0.3, 0.4) is 0 Å². The van der Waals surface area contributed by atoms with Crippen molar-refractivity contribution in [3.8, 4) is 0 Å². The van der Waals surface area contributed by atoms with Gasteiger partial charge in [-0.3, -0.25) is 9.59 Å². The van der Waals surface area contributed by atoms with Crippen molar-refractivity contribution in [2.75, 3.05) is 4.31 Å². The maximum absolute atomic E-state index is 12.8. The van der Waals surface area contributed by atoms with E-state index in [4.69, 9.17) is 0 Å². The summed E-state index contributed by atoms with van der Waals surface area (Å²) in [5.41, 5.74) is 1.01. The third kappa shape index (κ3) is 2.39. The molecule has 0 N–H and O–H groups in total. The summed E-state index contributed by atoms with van der Waals surface area (Å²) in [7, 11) is -4.20. The molecule has 0 saturated heterocycles. The van der Waals surface area contributed by atoms with Gasteiger partial charge in [-0.25, -0.2) is 4.31 Å². The summed E-state index contributed by atoms with van der Waals surface area (Å²) in [6, 6.07) is 4.37. The SMILES string of the molecule is CCCC(=O)N1c2c(C)cccc2C(=O)N(C(C)C)S1(=O)=O. The van der Waals surface area contributed by atoms with E-state index in [1.54, 1.807) is 45.9 Å². The van der Waals surface area contributed by atoms with Gasteiger partial charge in [0.2, 0.25) is 5.91 Å². The van der Waals surface area contributed by atoms with E-state index in [0.717, 1.165) is 8.61 Å². The number of carbonyl (C=O) groups is 2. The Balaban J connectivity index is 2.77. The van der Waals surface area contributed by atoms with E-state index in [1.807, 2.05) is 0 Å². The van der Waals surface area contributed by atoms with Crippen LogP contribution in [0.2, 0.25) is 0 Å². The van der Waals surface area contributed by atoms with E-state index < -0.39 is 28.1 Å². The highest BCUT2D eigenvalue weighted by atomic mass is 32.2. The third-order valence-electron chi connectivity index (χ3n) is 3.51. The van der Waals surface area contributed by atoms with Gasteiger partial charge >= 0.3 is 10.2 Å². The molecule has 0 aromatic heterocycles. The van der Waals surface area contributed by atoms with E-state index in [0.29, 0.717) is 12.0 Å². The Morgan fingerprint density at radius 1 is 1.27 bits per heavy atom. The van der Waals surface area contributed by atoms with Gasteiger partial charge in [0, 0.05) is 12.5 Å². The van der Waals surface area contributed by atoms with Gasteiger partial charge in [-0.05, 0) is 38.8 Å². The molecule has 1 aliphatic heterocycles. The second-order valence-electron chi connectivity index (χ2n) is 5.58. The summed E-state index contributed by atoms with van der Waals surface area (Å²) in [5, 5.41) is 0. The standard InChI is InChI=1S/C15H20N2O4S/c1-5-7-13(18)17-14-11(4)8-6-9-12(14)15(19)16(10(2)3)22(17,20)21/h6,8-10H,5,7H2,1-4H3. The molecule has 0 bridgehead atoms. The first-order valence-electron chi connectivity index (χ1n) is 7.25. The van der Waals surface area contributed by atoms with E-state index in [2.05, 4.69) is 0 Å². The minimum atomic E-state index is -4.20. The van der Waals surface area contributed by atoms with Crippen molar-refractivity contribution in [2.45, 2.75) is 46.6 Å². The second-order valence-corrected chi connectivity index (χ2v) is 7.24. The van der Waals surface area contributed by atoms with Crippen LogP contribution in [-0.2, 0) is 15.0 Å². The first-order valence-corrected chi connectivity index (χ1v) is 8.64. The molecular weight excluding hydrogens is 304 g/mol. The Labute approximate surface area is 130 Å². The van der Waals surface area contributed by atoms with Crippen LogP contribution in [0.4, 0.5) is 5.69 Å². The predicted octanol–water partition coefficient (Wildman–Crippen LogP) is 2.24. The maximum Gasteiger partial charge on any atom is 0.335 e. The summed E-state index contributed by atoms with van der Waals surface area (Å²) in [6.45, 7) is 6.72. The lowest BCUT2D eigenvalue weighted by Gasteiger charge is -2.38. The Hall–Kier alpha value is -1.89. The minimum absolute atomic E-state index is 0.104. The number of rotatable bonds is 3. The fraction of sp³-hybridized carbons (Fsp3) is 0.467. The molecule has 7 heteroatoms.